The Balaban J connectivity index is 1.91. The van der Waals surface area contributed by atoms with Gasteiger partial charge in [-0.2, -0.15) is 0 Å². The highest BCUT2D eigenvalue weighted by molar-refractivity contribution is 5.70. The van der Waals surface area contributed by atoms with Crippen molar-refractivity contribution >= 4 is 12.2 Å². The molecule has 0 aliphatic heterocycles. The Morgan fingerprint density at radius 1 is 0.750 bits per heavy atom. The van der Waals surface area contributed by atoms with Crippen LogP contribution >= 0.6 is 0 Å². The Morgan fingerprint density at radius 3 is 1.92 bits per heavy atom. The molecular weight excluding hydrogens is 292 g/mol. The van der Waals surface area contributed by atoms with Crippen molar-refractivity contribution in [3.8, 4) is 5.75 Å². The van der Waals surface area contributed by atoms with Crippen molar-refractivity contribution in [1.29, 1.82) is 0 Å². The van der Waals surface area contributed by atoms with Gasteiger partial charge in [-0.15, -0.1) is 0 Å². The Hall–Kier alpha value is -2.02. The number of rotatable bonds is 3. The van der Waals surface area contributed by atoms with Crippen molar-refractivity contribution in [2.24, 2.45) is 0 Å². The molecule has 3 rings (SSSR count). The molecule has 0 N–H and O–H groups in total. The van der Waals surface area contributed by atoms with Gasteiger partial charge in [0, 0.05) is 0 Å². The molecule has 0 spiro atoms. The van der Waals surface area contributed by atoms with Crippen LogP contribution in [-0.2, 0) is 10.8 Å². The second-order valence-electron chi connectivity index (χ2n) is 8.18. The average molecular weight is 320 g/mol. The van der Waals surface area contributed by atoms with E-state index >= 15 is 0 Å². The standard InChI is InChI=1S/C23H28O/c1-22(2)14-15-23(3,4)21-16-18(10-13-20(21)22)7-6-17-8-11-19(24-5)12-9-17/h6-13,16H,14-15H2,1-5H3. The molecular formula is C23H28O. The summed E-state index contributed by atoms with van der Waals surface area (Å²) in [5.74, 6) is 0.893. The molecule has 0 saturated carbocycles. The molecule has 1 heteroatoms. The molecule has 0 atom stereocenters. The molecule has 2 aromatic rings. The van der Waals surface area contributed by atoms with Gasteiger partial charge in [0.2, 0.25) is 0 Å². The molecule has 0 radical (unpaired) electrons. The van der Waals surface area contributed by atoms with Gasteiger partial charge in [0.05, 0.1) is 7.11 Å². The number of ether oxygens (including phenoxy) is 1. The third-order valence-electron chi connectivity index (χ3n) is 5.46. The van der Waals surface area contributed by atoms with Crippen LogP contribution in [0.2, 0.25) is 0 Å². The van der Waals surface area contributed by atoms with Crippen LogP contribution in [0.4, 0.5) is 0 Å². The second-order valence-corrected chi connectivity index (χ2v) is 8.18. The van der Waals surface area contributed by atoms with E-state index in [4.69, 9.17) is 4.74 Å². The first-order valence-corrected chi connectivity index (χ1v) is 8.79. The summed E-state index contributed by atoms with van der Waals surface area (Å²) in [7, 11) is 1.70. The topological polar surface area (TPSA) is 9.23 Å². The maximum absolute atomic E-state index is 5.21. The van der Waals surface area contributed by atoms with Gasteiger partial charge in [-0.1, -0.05) is 70.2 Å². The molecule has 0 bridgehead atoms. The van der Waals surface area contributed by atoms with Crippen molar-refractivity contribution in [1.82, 2.24) is 0 Å². The van der Waals surface area contributed by atoms with Crippen LogP contribution in [0.5, 0.6) is 5.75 Å². The number of benzene rings is 2. The predicted octanol–water partition coefficient (Wildman–Crippen LogP) is 6.21. The molecule has 1 nitrogen and oxygen atoms in total. The fourth-order valence-corrected chi connectivity index (χ4v) is 3.62. The first-order chi connectivity index (χ1) is 11.3. The fourth-order valence-electron chi connectivity index (χ4n) is 3.62. The van der Waals surface area contributed by atoms with Gasteiger partial charge in [-0.05, 0) is 58.1 Å². The van der Waals surface area contributed by atoms with E-state index in [9.17, 15) is 0 Å². The maximum atomic E-state index is 5.21. The molecule has 0 amide bonds. The summed E-state index contributed by atoms with van der Waals surface area (Å²) in [5.41, 5.74) is 6.03. The molecule has 0 unspecified atom stereocenters. The highest BCUT2D eigenvalue weighted by Gasteiger charge is 2.36. The minimum Gasteiger partial charge on any atom is -0.497 e. The van der Waals surface area contributed by atoms with E-state index in [-0.39, 0.29) is 10.8 Å². The lowest BCUT2D eigenvalue weighted by Gasteiger charge is -2.42. The highest BCUT2D eigenvalue weighted by Crippen LogP contribution is 2.45. The van der Waals surface area contributed by atoms with Crippen LogP contribution in [0.15, 0.2) is 42.5 Å². The van der Waals surface area contributed by atoms with Crippen LogP contribution in [0, 0.1) is 0 Å². The minimum atomic E-state index is 0.259. The second kappa shape index (κ2) is 6.12. The lowest BCUT2D eigenvalue weighted by atomic mass is 9.63. The summed E-state index contributed by atoms with van der Waals surface area (Å²) in [4.78, 5) is 0. The average Bonchev–Trinajstić information content (AvgIpc) is 2.58. The van der Waals surface area contributed by atoms with E-state index < -0.39 is 0 Å². The van der Waals surface area contributed by atoms with Crippen molar-refractivity contribution in [3.63, 3.8) is 0 Å². The van der Waals surface area contributed by atoms with Gasteiger partial charge in [0.25, 0.3) is 0 Å². The number of hydrogen-bond acceptors (Lipinski definition) is 1. The summed E-state index contributed by atoms with van der Waals surface area (Å²) in [6.07, 6.45) is 6.88. The van der Waals surface area contributed by atoms with Gasteiger partial charge in [-0.3, -0.25) is 0 Å². The predicted molar refractivity (Wildman–Crippen MR) is 104 cm³/mol. The number of hydrogen-bond donors (Lipinski definition) is 0. The van der Waals surface area contributed by atoms with E-state index in [0.29, 0.717) is 0 Å². The maximum Gasteiger partial charge on any atom is 0.118 e. The van der Waals surface area contributed by atoms with E-state index in [1.165, 1.54) is 35.1 Å². The fraction of sp³-hybridized carbons (Fsp3) is 0.391. The van der Waals surface area contributed by atoms with Crippen molar-refractivity contribution in [3.05, 3.63) is 64.7 Å². The van der Waals surface area contributed by atoms with Crippen molar-refractivity contribution in [2.45, 2.75) is 51.4 Å². The molecule has 1 aliphatic carbocycles. The smallest absolute Gasteiger partial charge is 0.118 e. The van der Waals surface area contributed by atoms with Crippen molar-refractivity contribution < 1.29 is 4.74 Å². The quantitative estimate of drug-likeness (QED) is 0.610. The van der Waals surface area contributed by atoms with Gasteiger partial charge in [0.1, 0.15) is 5.75 Å². The van der Waals surface area contributed by atoms with Gasteiger partial charge >= 0.3 is 0 Å². The lowest BCUT2D eigenvalue weighted by Crippen LogP contribution is -2.33. The molecule has 0 fully saturated rings. The molecule has 2 aromatic carbocycles. The number of methoxy groups -OCH3 is 1. The van der Waals surface area contributed by atoms with Gasteiger partial charge < -0.3 is 4.74 Å². The zero-order valence-corrected chi connectivity index (χ0v) is 15.5. The molecule has 126 valence electrons. The zero-order chi connectivity index (χ0) is 17.4. The molecule has 0 heterocycles. The monoisotopic (exact) mass is 320 g/mol. The summed E-state index contributed by atoms with van der Waals surface area (Å²) in [6.45, 7) is 9.48. The molecule has 0 aromatic heterocycles. The Morgan fingerprint density at radius 2 is 1.29 bits per heavy atom. The third kappa shape index (κ3) is 3.26. The Bertz CT molecular complexity index is 748. The van der Waals surface area contributed by atoms with E-state index in [1.54, 1.807) is 7.11 Å². The van der Waals surface area contributed by atoms with Crippen LogP contribution in [-0.4, -0.2) is 7.11 Å². The molecule has 0 saturated heterocycles. The minimum absolute atomic E-state index is 0.259. The van der Waals surface area contributed by atoms with E-state index in [0.717, 1.165) is 5.75 Å². The summed E-state index contributed by atoms with van der Waals surface area (Å²) in [6, 6.07) is 15.1. The number of fused-ring (bicyclic) bond motifs is 1. The first kappa shape index (κ1) is 16.8. The summed E-state index contributed by atoms with van der Waals surface area (Å²) < 4.78 is 5.21. The van der Waals surface area contributed by atoms with Gasteiger partial charge in [0.15, 0.2) is 0 Å². The Kier molecular flexibility index (Phi) is 4.29. The largest absolute Gasteiger partial charge is 0.497 e. The summed E-state index contributed by atoms with van der Waals surface area (Å²) in [5, 5.41) is 0. The third-order valence-corrected chi connectivity index (χ3v) is 5.46. The normalized spacial score (nSPS) is 18.4. The van der Waals surface area contributed by atoms with E-state index in [1.807, 2.05) is 12.1 Å². The zero-order valence-electron chi connectivity index (χ0n) is 15.5. The highest BCUT2D eigenvalue weighted by atomic mass is 16.5. The Labute approximate surface area is 146 Å². The lowest BCUT2D eigenvalue weighted by molar-refractivity contribution is 0.332. The van der Waals surface area contributed by atoms with Crippen molar-refractivity contribution in [2.75, 3.05) is 7.11 Å². The SMILES string of the molecule is COc1ccc(C=Cc2ccc3c(c2)C(C)(C)CCC3(C)C)cc1. The van der Waals surface area contributed by atoms with Crippen LogP contribution in [0.25, 0.3) is 12.2 Å². The van der Waals surface area contributed by atoms with Crippen LogP contribution < -0.4 is 4.74 Å². The van der Waals surface area contributed by atoms with Crippen LogP contribution in [0.3, 0.4) is 0 Å². The van der Waals surface area contributed by atoms with Crippen LogP contribution in [0.1, 0.15) is 62.8 Å². The molecule has 24 heavy (non-hydrogen) atoms. The first-order valence-electron chi connectivity index (χ1n) is 8.79. The summed E-state index contributed by atoms with van der Waals surface area (Å²) >= 11 is 0. The van der Waals surface area contributed by atoms with E-state index in [2.05, 4.69) is 70.2 Å². The molecule has 1 aliphatic rings. The van der Waals surface area contributed by atoms with Gasteiger partial charge in [-0.25, -0.2) is 0 Å².